The van der Waals surface area contributed by atoms with Gasteiger partial charge in [0.1, 0.15) is 0 Å². The monoisotopic (exact) mass is 321 g/mol. The van der Waals surface area contributed by atoms with E-state index in [9.17, 15) is 0 Å². The molecule has 0 aliphatic heterocycles. The van der Waals surface area contributed by atoms with Crippen LogP contribution in [0.2, 0.25) is 0 Å². The van der Waals surface area contributed by atoms with Crippen molar-refractivity contribution in [2.45, 2.75) is 25.7 Å². The van der Waals surface area contributed by atoms with E-state index in [1.54, 1.807) is 11.3 Å². The average Bonchev–Trinajstić information content (AvgIpc) is 3.06. The zero-order valence-electron chi connectivity index (χ0n) is 14.0. The molecular formula is C21H23NS. The first-order valence-electron chi connectivity index (χ1n) is 8.02. The van der Waals surface area contributed by atoms with Crippen molar-refractivity contribution in [1.29, 1.82) is 0 Å². The number of hydrogen-bond donors (Lipinski definition) is 1. The molecule has 0 saturated carbocycles. The van der Waals surface area contributed by atoms with E-state index in [-0.39, 0.29) is 5.41 Å². The molecule has 23 heavy (non-hydrogen) atoms. The summed E-state index contributed by atoms with van der Waals surface area (Å²) in [7, 11) is 2.01. The summed E-state index contributed by atoms with van der Waals surface area (Å²) in [5, 5.41) is 8.14. The Hall–Kier alpha value is -2.06. The van der Waals surface area contributed by atoms with Crippen molar-refractivity contribution in [3.8, 4) is 0 Å². The Morgan fingerprint density at radius 2 is 1.87 bits per heavy atom. The summed E-state index contributed by atoms with van der Waals surface area (Å²) in [4.78, 5) is 1.31. The first-order chi connectivity index (χ1) is 11.1. The Morgan fingerprint density at radius 3 is 2.61 bits per heavy atom. The molecule has 118 valence electrons. The SMILES string of the molecule is CNc1ccc2ccccc2c1C(C)(C)C/C=C/c1cccs1. The van der Waals surface area contributed by atoms with Crippen LogP contribution in [-0.4, -0.2) is 7.05 Å². The van der Waals surface area contributed by atoms with E-state index < -0.39 is 0 Å². The fraction of sp³-hybridized carbons (Fsp3) is 0.238. The molecule has 0 radical (unpaired) electrons. The molecule has 2 aromatic carbocycles. The van der Waals surface area contributed by atoms with Crippen LogP contribution in [0.4, 0.5) is 5.69 Å². The lowest BCUT2D eigenvalue weighted by Gasteiger charge is -2.28. The number of nitrogens with one attached hydrogen (secondary N) is 1. The van der Waals surface area contributed by atoms with Gasteiger partial charge >= 0.3 is 0 Å². The smallest absolute Gasteiger partial charge is 0.0382 e. The van der Waals surface area contributed by atoms with E-state index in [2.05, 4.69) is 85.2 Å². The third kappa shape index (κ3) is 3.32. The van der Waals surface area contributed by atoms with Crippen molar-refractivity contribution in [2.75, 3.05) is 12.4 Å². The summed E-state index contributed by atoms with van der Waals surface area (Å²) in [5.41, 5.74) is 2.68. The van der Waals surface area contributed by atoms with Gasteiger partial charge in [0.15, 0.2) is 0 Å². The predicted octanol–water partition coefficient (Wildman–Crippen LogP) is 6.32. The van der Waals surface area contributed by atoms with Gasteiger partial charge in [-0.3, -0.25) is 0 Å². The number of hydrogen-bond acceptors (Lipinski definition) is 2. The number of allylic oxidation sites excluding steroid dienone is 1. The second-order valence-corrected chi connectivity index (χ2v) is 7.44. The van der Waals surface area contributed by atoms with E-state index in [0.29, 0.717) is 0 Å². The molecule has 1 heterocycles. The van der Waals surface area contributed by atoms with Crippen molar-refractivity contribution in [1.82, 2.24) is 0 Å². The Labute approximate surface area is 142 Å². The molecular weight excluding hydrogens is 298 g/mol. The Kier molecular flexibility index (Phi) is 4.53. The highest BCUT2D eigenvalue weighted by Crippen LogP contribution is 2.38. The van der Waals surface area contributed by atoms with Crippen LogP contribution < -0.4 is 5.32 Å². The number of fused-ring (bicyclic) bond motifs is 1. The molecule has 0 aliphatic carbocycles. The molecule has 0 unspecified atom stereocenters. The van der Waals surface area contributed by atoms with Gasteiger partial charge in [0.05, 0.1) is 0 Å². The molecule has 0 atom stereocenters. The zero-order valence-corrected chi connectivity index (χ0v) is 14.8. The lowest BCUT2D eigenvalue weighted by Crippen LogP contribution is -2.18. The molecule has 0 fully saturated rings. The standard InChI is InChI=1S/C21H23NS/c1-21(2,14-6-9-17-10-7-15-23-17)20-18-11-5-4-8-16(18)12-13-19(20)22-3/h4-13,15,22H,14H2,1-3H3/b9-6+. The fourth-order valence-electron chi connectivity index (χ4n) is 3.17. The van der Waals surface area contributed by atoms with E-state index in [4.69, 9.17) is 0 Å². The lowest BCUT2D eigenvalue weighted by atomic mass is 9.78. The fourth-order valence-corrected chi connectivity index (χ4v) is 3.81. The molecule has 0 saturated heterocycles. The van der Waals surface area contributed by atoms with Gasteiger partial charge in [0.2, 0.25) is 0 Å². The van der Waals surface area contributed by atoms with Crippen LogP contribution in [0, 0.1) is 0 Å². The predicted molar refractivity (Wildman–Crippen MR) is 104 cm³/mol. The van der Waals surface area contributed by atoms with E-state index >= 15 is 0 Å². The molecule has 0 spiro atoms. The van der Waals surface area contributed by atoms with Gasteiger partial charge in [-0.1, -0.05) is 56.3 Å². The first-order valence-corrected chi connectivity index (χ1v) is 8.90. The van der Waals surface area contributed by atoms with E-state index in [1.165, 1.54) is 26.9 Å². The van der Waals surface area contributed by atoms with Gasteiger partial charge in [-0.15, -0.1) is 11.3 Å². The number of rotatable bonds is 5. The highest BCUT2D eigenvalue weighted by Gasteiger charge is 2.24. The molecule has 0 amide bonds. The van der Waals surface area contributed by atoms with Crippen LogP contribution in [0.5, 0.6) is 0 Å². The van der Waals surface area contributed by atoms with Gasteiger partial charge < -0.3 is 5.32 Å². The quantitative estimate of drug-likeness (QED) is 0.579. The normalized spacial score (nSPS) is 12.1. The van der Waals surface area contributed by atoms with Crippen molar-refractivity contribution < 1.29 is 0 Å². The maximum Gasteiger partial charge on any atom is 0.0382 e. The van der Waals surface area contributed by atoms with Gasteiger partial charge in [0, 0.05) is 17.6 Å². The van der Waals surface area contributed by atoms with Gasteiger partial charge in [-0.2, -0.15) is 0 Å². The number of thiophene rings is 1. The van der Waals surface area contributed by atoms with Crippen LogP contribution in [0.3, 0.4) is 0 Å². The second kappa shape index (κ2) is 6.59. The van der Waals surface area contributed by atoms with Gasteiger partial charge in [-0.25, -0.2) is 0 Å². The summed E-state index contributed by atoms with van der Waals surface area (Å²) < 4.78 is 0. The Morgan fingerprint density at radius 1 is 1.04 bits per heavy atom. The number of benzene rings is 2. The summed E-state index contributed by atoms with van der Waals surface area (Å²) in [6.45, 7) is 4.66. The zero-order chi connectivity index (χ0) is 16.3. The topological polar surface area (TPSA) is 12.0 Å². The minimum atomic E-state index is 0.0625. The molecule has 1 N–H and O–H groups in total. The first kappa shape index (κ1) is 15.8. The highest BCUT2D eigenvalue weighted by atomic mass is 32.1. The second-order valence-electron chi connectivity index (χ2n) is 6.47. The Balaban J connectivity index is 1.99. The molecule has 3 aromatic rings. The van der Waals surface area contributed by atoms with E-state index in [0.717, 1.165) is 6.42 Å². The van der Waals surface area contributed by atoms with Gasteiger partial charge in [-0.05, 0) is 51.8 Å². The third-order valence-corrected chi connectivity index (χ3v) is 5.17. The lowest BCUT2D eigenvalue weighted by molar-refractivity contribution is 0.541. The van der Waals surface area contributed by atoms with Crippen LogP contribution >= 0.6 is 11.3 Å². The molecule has 1 aromatic heterocycles. The van der Waals surface area contributed by atoms with Crippen LogP contribution in [0.1, 0.15) is 30.7 Å². The van der Waals surface area contributed by atoms with Crippen molar-refractivity contribution in [3.63, 3.8) is 0 Å². The number of anilines is 1. The minimum absolute atomic E-state index is 0.0625. The molecule has 1 nitrogen and oxygen atoms in total. The third-order valence-electron chi connectivity index (χ3n) is 4.33. The molecule has 2 heteroatoms. The van der Waals surface area contributed by atoms with Crippen molar-refractivity contribution in [2.24, 2.45) is 0 Å². The summed E-state index contributed by atoms with van der Waals surface area (Å²) >= 11 is 1.78. The average molecular weight is 321 g/mol. The summed E-state index contributed by atoms with van der Waals surface area (Å²) in [6.07, 6.45) is 5.54. The molecule has 0 aliphatic rings. The Bertz CT molecular complexity index is 813. The molecule has 3 rings (SSSR count). The maximum atomic E-state index is 3.38. The maximum absolute atomic E-state index is 3.38. The summed E-state index contributed by atoms with van der Waals surface area (Å²) in [5.74, 6) is 0. The minimum Gasteiger partial charge on any atom is -0.388 e. The van der Waals surface area contributed by atoms with Crippen molar-refractivity contribution >= 4 is 33.9 Å². The largest absolute Gasteiger partial charge is 0.388 e. The van der Waals surface area contributed by atoms with Crippen LogP contribution in [0.15, 0.2) is 60.0 Å². The van der Waals surface area contributed by atoms with Crippen molar-refractivity contribution in [3.05, 3.63) is 70.4 Å². The van der Waals surface area contributed by atoms with Gasteiger partial charge in [0.25, 0.3) is 0 Å². The summed E-state index contributed by atoms with van der Waals surface area (Å²) in [6, 6.07) is 17.3. The van der Waals surface area contributed by atoms with Crippen LogP contribution in [-0.2, 0) is 5.41 Å². The molecule has 0 bridgehead atoms. The highest BCUT2D eigenvalue weighted by molar-refractivity contribution is 7.10. The van der Waals surface area contributed by atoms with E-state index in [1.807, 2.05) is 7.05 Å². The van der Waals surface area contributed by atoms with Crippen LogP contribution in [0.25, 0.3) is 16.8 Å².